The van der Waals surface area contributed by atoms with E-state index in [1.54, 1.807) is 6.07 Å². The molecule has 1 N–H and O–H groups in total. The number of aromatic nitrogens is 1. The van der Waals surface area contributed by atoms with Gasteiger partial charge in [0.15, 0.2) is 0 Å². The van der Waals surface area contributed by atoms with Gasteiger partial charge in [-0.1, -0.05) is 66.2 Å². The Labute approximate surface area is 184 Å². The Balaban J connectivity index is 1.60. The first-order chi connectivity index (χ1) is 15.0. The Bertz CT molecular complexity index is 1490. The van der Waals surface area contributed by atoms with E-state index in [4.69, 9.17) is 11.6 Å². The Hall–Kier alpha value is -3.63. The highest BCUT2D eigenvalue weighted by Crippen LogP contribution is 2.34. The third-order valence-electron chi connectivity index (χ3n) is 5.61. The van der Waals surface area contributed by atoms with Crippen molar-refractivity contribution in [3.8, 4) is 11.1 Å². The van der Waals surface area contributed by atoms with E-state index in [1.165, 1.54) is 0 Å². The second-order valence-electron chi connectivity index (χ2n) is 7.67. The van der Waals surface area contributed by atoms with Crippen molar-refractivity contribution in [2.75, 3.05) is 5.32 Å². The molecule has 4 nitrogen and oxygen atoms in total. The Morgan fingerprint density at radius 2 is 1.65 bits per heavy atom. The minimum Gasteiger partial charge on any atom is -0.352 e. The molecule has 0 unspecified atom stereocenters. The number of nitrogens with one attached hydrogen (secondary N) is 1. The predicted molar refractivity (Wildman–Crippen MR) is 127 cm³/mol. The lowest BCUT2D eigenvalue weighted by molar-refractivity contribution is 0.837. The van der Waals surface area contributed by atoms with Crippen molar-refractivity contribution in [3.05, 3.63) is 116 Å². The number of anilines is 2. The summed E-state index contributed by atoms with van der Waals surface area (Å²) >= 11 is 6.22. The molecule has 0 bridgehead atoms. The van der Waals surface area contributed by atoms with Crippen LogP contribution < -0.4 is 16.2 Å². The fraction of sp³-hybridized carbons (Fsp3) is 0.0769. The molecule has 0 aliphatic rings. The lowest BCUT2D eigenvalue weighted by atomic mass is 9.98. The normalized spacial score (nSPS) is 11.3. The lowest BCUT2D eigenvalue weighted by Gasteiger charge is -2.13. The van der Waals surface area contributed by atoms with Crippen molar-refractivity contribution in [1.82, 2.24) is 4.57 Å². The largest absolute Gasteiger partial charge is 0.352 e. The summed E-state index contributed by atoms with van der Waals surface area (Å²) < 4.78 is 2.11. The molecule has 0 saturated carbocycles. The molecule has 0 fully saturated rings. The van der Waals surface area contributed by atoms with Gasteiger partial charge in [0.25, 0.3) is 5.43 Å². The number of nitrogens with zero attached hydrogens (tertiary/aromatic N) is 1. The smallest absolute Gasteiger partial charge is 0.250 e. The highest BCUT2D eigenvalue weighted by atomic mass is 35.5. The van der Waals surface area contributed by atoms with Gasteiger partial charge in [0.2, 0.25) is 5.43 Å². The summed E-state index contributed by atoms with van der Waals surface area (Å²) in [6.45, 7) is 2.59. The third-order valence-corrected chi connectivity index (χ3v) is 6.01. The van der Waals surface area contributed by atoms with Crippen molar-refractivity contribution in [2.24, 2.45) is 0 Å². The number of para-hydroxylation sites is 1. The highest BCUT2D eigenvalue weighted by molar-refractivity contribution is 6.31. The number of fused-ring (bicyclic) bond motifs is 1. The van der Waals surface area contributed by atoms with Crippen LogP contribution in [0, 0.1) is 6.92 Å². The molecule has 0 radical (unpaired) electrons. The molecule has 0 spiro atoms. The lowest BCUT2D eigenvalue weighted by Crippen LogP contribution is -2.35. The van der Waals surface area contributed by atoms with Gasteiger partial charge in [-0.25, -0.2) is 0 Å². The minimum absolute atomic E-state index is 0.313. The van der Waals surface area contributed by atoms with Gasteiger partial charge in [-0.3, -0.25) is 9.59 Å². The topological polar surface area (TPSA) is 51.1 Å². The first kappa shape index (κ1) is 19.3. The van der Waals surface area contributed by atoms with E-state index < -0.39 is 10.9 Å². The number of hydrogen-bond donors (Lipinski definition) is 1. The fourth-order valence-corrected chi connectivity index (χ4v) is 4.12. The van der Waals surface area contributed by atoms with Crippen LogP contribution in [0.1, 0.15) is 11.1 Å². The van der Waals surface area contributed by atoms with E-state index in [0.29, 0.717) is 28.5 Å². The fourth-order valence-electron chi connectivity index (χ4n) is 3.94. The molecule has 1 aromatic heterocycles. The van der Waals surface area contributed by atoms with Crippen LogP contribution in [0.2, 0.25) is 5.02 Å². The summed E-state index contributed by atoms with van der Waals surface area (Å²) in [4.78, 5) is 25.0. The highest BCUT2D eigenvalue weighted by Gasteiger charge is 2.25. The third kappa shape index (κ3) is 3.35. The maximum atomic E-state index is 12.6. The number of benzene rings is 3. The van der Waals surface area contributed by atoms with E-state index in [2.05, 4.69) is 22.0 Å². The quantitative estimate of drug-likeness (QED) is 0.369. The average molecular weight is 427 g/mol. The van der Waals surface area contributed by atoms with Crippen LogP contribution in [0.5, 0.6) is 0 Å². The molecule has 4 aromatic carbocycles. The molecule has 152 valence electrons. The van der Waals surface area contributed by atoms with Crippen LogP contribution in [0.4, 0.5) is 11.4 Å². The number of aryl methyl sites for hydroxylation is 1. The molecule has 5 rings (SSSR count). The van der Waals surface area contributed by atoms with Gasteiger partial charge in [-0.15, -0.1) is 0 Å². The van der Waals surface area contributed by atoms with Gasteiger partial charge in [0.1, 0.15) is 5.69 Å². The second kappa shape index (κ2) is 7.56. The van der Waals surface area contributed by atoms with Crippen LogP contribution in [0.3, 0.4) is 0 Å². The molecule has 5 heteroatoms. The van der Waals surface area contributed by atoms with Gasteiger partial charge in [-0.2, -0.15) is 0 Å². The molecule has 1 heterocycles. The second-order valence-corrected chi connectivity index (χ2v) is 8.08. The van der Waals surface area contributed by atoms with Crippen LogP contribution in [-0.4, -0.2) is 4.57 Å². The summed E-state index contributed by atoms with van der Waals surface area (Å²) in [5.41, 5.74) is 4.31. The first-order valence-corrected chi connectivity index (χ1v) is 10.4. The molecule has 0 atom stereocenters. The standard InChI is InChI=1S/C26H19ClN2O2/c1-16-11-12-18(13-21(16)27)28-24-23(25(30)26(24)31)20-15-29(14-17-7-3-2-4-8-17)22-10-6-5-9-19(20)22/h2-13,15,28H,14H2,1H3. The Morgan fingerprint density at radius 1 is 0.903 bits per heavy atom. The monoisotopic (exact) mass is 426 g/mol. The van der Waals surface area contributed by atoms with Crippen LogP contribution in [0.25, 0.3) is 22.0 Å². The van der Waals surface area contributed by atoms with Gasteiger partial charge in [0, 0.05) is 39.9 Å². The van der Waals surface area contributed by atoms with Crippen LogP contribution >= 0.6 is 11.6 Å². The molecule has 0 aliphatic carbocycles. The van der Waals surface area contributed by atoms with E-state index in [9.17, 15) is 9.59 Å². The molecular formula is C26H19ClN2O2. The van der Waals surface area contributed by atoms with Gasteiger partial charge in [-0.05, 0) is 36.2 Å². The number of halogens is 1. The van der Waals surface area contributed by atoms with E-state index >= 15 is 0 Å². The SMILES string of the molecule is Cc1ccc(Nc2c(-c3cn(Cc4ccccc4)c4ccccc34)c(=O)c2=O)cc1Cl. The maximum Gasteiger partial charge on any atom is 0.250 e. The zero-order valence-electron chi connectivity index (χ0n) is 16.9. The van der Waals surface area contributed by atoms with Gasteiger partial charge >= 0.3 is 0 Å². The summed E-state index contributed by atoms with van der Waals surface area (Å²) in [6.07, 6.45) is 1.96. The van der Waals surface area contributed by atoms with Crippen molar-refractivity contribution in [1.29, 1.82) is 0 Å². The minimum atomic E-state index is -0.508. The van der Waals surface area contributed by atoms with Crippen molar-refractivity contribution in [3.63, 3.8) is 0 Å². The Kier molecular flexibility index (Phi) is 4.72. The zero-order chi connectivity index (χ0) is 21.5. The molecule has 5 aromatic rings. The summed E-state index contributed by atoms with van der Waals surface area (Å²) in [6, 6.07) is 23.6. The summed E-state index contributed by atoms with van der Waals surface area (Å²) in [5.74, 6) is 0. The zero-order valence-corrected chi connectivity index (χ0v) is 17.6. The van der Waals surface area contributed by atoms with Gasteiger partial charge < -0.3 is 9.88 Å². The van der Waals surface area contributed by atoms with Crippen molar-refractivity contribution in [2.45, 2.75) is 13.5 Å². The van der Waals surface area contributed by atoms with E-state index in [1.807, 2.05) is 67.7 Å². The summed E-state index contributed by atoms with van der Waals surface area (Å²) in [5, 5.41) is 4.66. The summed E-state index contributed by atoms with van der Waals surface area (Å²) in [7, 11) is 0. The van der Waals surface area contributed by atoms with E-state index in [-0.39, 0.29) is 0 Å². The van der Waals surface area contributed by atoms with E-state index in [0.717, 1.165) is 27.6 Å². The predicted octanol–water partition coefficient (Wildman–Crippen LogP) is 5.66. The molecule has 0 saturated heterocycles. The number of rotatable bonds is 5. The van der Waals surface area contributed by atoms with Crippen molar-refractivity contribution < 1.29 is 0 Å². The molecule has 31 heavy (non-hydrogen) atoms. The van der Waals surface area contributed by atoms with Crippen molar-refractivity contribution >= 4 is 33.9 Å². The van der Waals surface area contributed by atoms with Gasteiger partial charge in [0.05, 0.1) is 5.56 Å². The van der Waals surface area contributed by atoms with Crippen LogP contribution in [-0.2, 0) is 6.54 Å². The average Bonchev–Trinajstić information content (AvgIpc) is 3.14. The Morgan fingerprint density at radius 3 is 2.42 bits per heavy atom. The molecule has 0 amide bonds. The molecular weight excluding hydrogens is 408 g/mol. The number of hydrogen-bond acceptors (Lipinski definition) is 3. The molecule has 0 aliphatic heterocycles. The van der Waals surface area contributed by atoms with Crippen LogP contribution in [0.15, 0.2) is 88.6 Å². The first-order valence-electron chi connectivity index (χ1n) is 10.0. The maximum absolute atomic E-state index is 12.6.